The Morgan fingerprint density at radius 3 is 1.87 bits per heavy atom. The van der Waals surface area contributed by atoms with Gasteiger partial charge in [0.2, 0.25) is 0 Å². The van der Waals surface area contributed by atoms with Gasteiger partial charge in [0.1, 0.15) is 0 Å². The molecule has 0 spiro atoms. The molecule has 2 nitrogen and oxygen atoms in total. The minimum Gasteiger partial charge on any atom is -0.315 e. The van der Waals surface area contributed by atoms with Gasteiger partial charge in [0.05, 0.1) is 0 Å². The molecule has 0 aliphatic rings. The van der Waals surface area contributed by atoms with Gasteiger partial charge in [-0.1, -0.05) is 41.5 Å². The van der Waals surface area contributed by atoms with E-state index in [0.29, 0.717) is 18.1 Å². The number of rotatable bonds is 8. The standard InChI is InChI=1S/C13H30N2/c1-10(2)13(15-12(5)6)8-7-9-14-11(3)4/h10-15H,7-9H2,1-6H3. The first-order chi connectivity index (χ1) is 6.93. The van der Waals surface area contributed by atoms with Crippen molar-refractivity contribution in [2.45, 2.75) is 72.5 Å². The van der Waals surface area contributed by atoms with Gasteiger partial charge in [-0.15, -0.1) is 0 Å². The molecule has 1 atom stereocenters. The third kappa shape index (κ3) is 8.88. The van der Waals surface area contributed by atoms with Gasteiger partial charge in [-0.25, -0.2) is 0 Å². The van der Waals surface area contributed by atoms with Crippen LogP contribution >= 0.6 is 0 Å². The van der Waals surface area contributed by atoms with E-state index in [4.69, 9.17) is 0 Å². The molecule has 0 aromatic carbocycles. The van der Waals surface area contributed by atoms with Crippen LogP contribution < -0.4 is 10.6 Å². The van der Waals surface area contributed by atoms with E-state index >= 15 is 0 Å². The van der Waals surface area contributed by atoms with E-state index in [1.807, 2.05) is 0 Å². The molecule has 0 aromatic rings. The summed E-state index contributed by atoms with van der Waals surface area (Å²) >= 11 is 0. The van der Waals surface area contributed by atoms with Crippen molar-refractivity contribution in [3.63, 3.8) is 0 Å². The first-order valence-corrected chi connectivity index (χ1v) is 6.43. The fourth-order valence-corrected chi connectivity index (χ4v) is 1.75. The quantitative estimate of drug-likeness (QED) is 0.607. The maximum Gasteiger partial charge on any atom is 0.00928 e. The molecule has 1 unspecified atom stereocenters. The summed E-state index contributed by atoms with van der Waals surface area (Å²) in [5.41, 5.74) is 0. The topological polar surface area (TPSA) is 24.1 Å². The highest BCUT2D eigenvalue weighted by Gasteiger charge is 2.13. The third-order valence-corrected chi connectivity index (χ3v) is 2.60. The van der Waals surface area contributed by atoms with Crippen LogP contribution in [0.4, 0.5) is 0 Å². The summed E-state index contributed by atoms with van der Waals surface area (Å²) in [6.07, 6.45) is 2.54. The second-order valence-electron chi connectivity index (χ2n) is 5.42. The lowest BCUT2D eigenvalue weighted by molar-refractivity contribution is 0.341. The fourth-order valence-electron chi connectivity index (χ4n) is 1.75. The Balaban J connectivity index is 3.67. The molecule has 0 bridgehead atoms. The van der Waals surface area contributed by atoms with E-state index in [1.54, 1.807) is 0 Å². The molecule has 0 radical (unpaired) electrons. The van der Waals surface area contributed by atoms with Crippen LogP contribution in [0.1, 0.15) is 54.4 Å². The lowest BCUT2D eigenvalue weighted by Gasteiger charge is -2.25. The number of hydrogen-bond donors (Lipinski definition) is 2. The molecule has 0 heterocycles. The van der Waals surface area contributed by atoms with Crippen LogP contribution in [0.25, 0.3) is 0 Å². The van der Waals surface area contributed by atoms with Crippen molar-refractivity contribution >= 4 is 0 Å². The summed E-state index contributed by atoms with van der Waals surface area (Å²) in [5.74, 6) is 0.728. The second kappa shape index (κ2) is 8.12. The summed E-state index contributed by atoms with van der Waals surface area (Å²) in [4.78, 5) is 0. The van der Waals surface area contributed by atoms with Gasteiger partial charge >= 0.3 is 0 Å². The first kappa shape index (κ1) is 14.9. The van der Waals surface area contributed by atoms with Crippen LogP contribution in [0.3, 0.4) is 0 Å². The van der Waals surface area contributed by atoms with Crippen LogP contribution in [0.2, 0.25) is 0 Å². The van der Waals surface area contributed by atoms with Crippen molar-refractivity contribution in [3.05, 3.63) is 0 Å². The summed E-state index contributed by atoms with van der Waals surface area (Å²) in [6.45, 7) is 14.6. The highest BCUT2D eigenvalue weighted by atomic mass is 14.9. The molecule has 0 fully saturated rings. The molecule has 2 N–H and O–H groups in total. The average molecular weight is 214 g/mol. The van der Waals surface area contributed by atoms with E-state index < -0.39 is 0 Å². The smallest absolute Gasteiger partial charge is 0.00928 e. The maximum atomic E-state index is 3.64. The summed E-state index contributed by atoms with van der Waals surface area (Å²) < 4.78 is 0. The van der Waals surface area contributed by atoms with Crippen LogP contribution in [0.15, 0.2) is 0 Å². The Kier molecular flexibility index (Phi) is 8.07. The summed E-state index contributed by atoms with van der Waals surface area (Å²) in [7, 11) is 0. The van der Waals surface area contributed by atoms with E-state index in [2.05, 4.69) is 52.2 Å². The zero-order chi connectivity index (χ0) is 11.8. The fraction of sp³-hybridized carbons (Fsp3) is 1.00. The molecular formula is C13H30N2. The van der Waals surface area contributed by atoms with Crippen molar-refractivity contribution in [1.82, 2.24) is 10.6 Å². The van der Waals surface area contributed by atoms with Gasteiger partial charge < -0.3 is 10.6 Å². The molecule has 0 amide bonds. The van der Waals surface area contributed by atoms with Crippen molar-refractivity contribution in [1.29, 1.82) is 0 Å². The lowest BCUT2D eigenvalue weighted by atomic mass is 9.98. The Hall–Kier alpha value is -0.0800. The van der Waals surface area contributed by atoms with Crippen LogP contribution in [-0.2, 0) is 0 Å². The SMILES string of the molecule is CC(C)NCCCC(NC(C)C)C(C)C. The minimum atomic E-state index is 0.593. The Labute approximate surface area is 96.2 Å². The molecule has 0 aliphatic heterocycles. The predicted octanol–water partition coefficient (Wildman–Crippen LogP) is 2.79. The van der Waals surface area contributed by atoms with E-state index in [0.717, 1.165) is 12.5 Å². The first-order valence-electron chi connectivity index (χ1n) is 6.43. The summed E-state index contributed by atoms with van der Waals surface area (Å²) in [6, 6.07) is 1.87. The van der Waals surface area contributed by atoms with Crippen LogP contribution in [-0.4, -0.2) is 24.7 Å². The molecule has 0 rings (SSSR count). The molecule has 0 saturated heterocycles. The maximum absolute atomic E-state index is 3.64. The third-order valence-electron chi connectivity index (χ3n) is 2.60. The van der Waals surface area contributed by atoms with Crippen molar-refractivity contribution in [2.75, 3.05) is 6.54 Å². The van der Waals surface area contributed by atoms with Gasteiger partial charge in [-0.2, -0.15) is 0 Å². The van der Waals surface area contributed by atoms with E-state index in [9.17, 15) is 0 Å². The zero-order valence-electron chi connectivity index (χ0n) is 11.4. The van der Waals surface area contributed by atoms with Crippen LogP contribution in [0, 0.1) is 5.92 Å². The van der Waals surface area contributed by atoms with Gasteiger partial charge in [0, 0.05) is 18.1 Å². The van der Waals surface area contributed by atoms with Crippen molar-refractivity contribution in [3.8, 4) is 0 Å². The van der Waals surface area contributed by atoms with Gasteiger partial charge in [-0.05, 0) is 25.3 Å². The van der Waals surface area contributed by atoms with Crippen LogP contribution in [0.5, 0.6) is 0 Å². The van der Waals surface area contributed by atoms with Gasteiger partial charge in [0.25, 0.3) is 0 Å². The minimum absolute atomic E-state index is 0.593. The molecule has 92 valence electrons. The van der Waals surface area contributed by atoms with Crippen molar-refractivity contribution < 1.29 is 0 Å². The zero-order valence-corrected chi connectivity index (χ0v) is 11.4. The Morgan fingerprint density at radius 2 is 1.47 bits per heavy atom. The normalized spacial score (nSPS) is 14.2. The molecule has 0 aromatic heterocycles. The van der Waals surface area contributed by atoms with Crippen molar-refractivity contribution in [2.24, 2.45) is 5.92 Å². The number of nitrogens with one attached hydrogen (secondary N) is 2. The van der Waals surface area contributed by atoms with E-state index in [-0.39, 0.29) is 0 Å². The largest absolute Gasteiger partial charge is 0.315 e. The Bertz CT molecular complexity index is 141. The average Bonchev–Trinajstić information content (AvgIpc) is 2.08. The summed E-state index contributed by atoms with van der Waals surface area (Å²) in [5, 5.41) is 7.10. The van der Waals surface area contributed by atoms with Gasteiger partial charge in [-0.3, -0.25) is 0 Å². The van der Waals surface area contributed by atoms with E-state index in [1.165, 1.54) is 12.8 Å². The molecule has 2 heteroatoms. The molecular weight excluding hydrogens is 184 g/mol. The predicted molar refractivity (Wildman–Crippen MR) is 69.3 cm³/mol. The highest BCUT2D eigenvalue weighted by Crippen LogP contribution is 2.09. The number of hydrogen-bond acceptors (Lipinski definition) is 2. The second-order valence-corrected chi connectivity index (χ2v) is 5.42. The Morgan fingerprint density at radius 1 is 0.867 bits per heavy atom. The molecule has 15 heavy (non-hydrogen) atoms. The lowest BCUT2D eigenvalue weighted by Crippen LogP contribution is -2.39. The molecule has 0 aliphatic carbocycles. The monoisotopic (exact) mass is 214 g/mol. The highest BCUT2D eigenvalue weighted by molar-refractivity contribution is 4.73. The van der Waals surface area contributed by atoms with Gasteiger partial charge in [0.15, 0.2) is 0 Å². The molecule has 0 saturated carbocycles.